The smallest absolute Gasteiger partial charge is 0.289 e. The van der Waals surface area contributed by atoms with E-state index in [1.165, 1.54) is 11.0 Å². The summed E-state index contributed by atoms with van der Waals surface area (Å²) in [5, 5.41) is 9.05. The van der Waals surface area contributed by atoms with Crippen LogP contribution in [0.2, 0.25) is 0 Å². The maximum absolute atomic E-state index is 13.5. The highest BCUT2D eigenvalue weighted by atomic mass is 19.4. The predicted molar refractivity (Wildman–Crippen MR) is 102 cm³/mol. The molecule has 29 heavy (non-hydrogen) atoms. The van der Waals surface area contributed by atoms with Crippen molar-refractivity contribution in [2.75, 3.05) is 9.80 Å². The normalized spacial score (nSPS) is 21.8. The van der Waals surface area contributed by atoms with Crippen LogP contribution in [0.1, 0.15) is 42.4 Å². The first-order valence-electron chi connectivity index (χ1n) is 9.47. The lowest BCUT2D eigenvalue weighted by atomic mass is 9.89. The summed E-state index contributed by atoms with van der Waals surface area (Å²) in [6.45, 7) is 1.88. The molecule has 0 radical (unpaired) electrons. The number of rotatable bonds is 2. The number of aromatic nitrogens is 1. The van der Waals surface area contributed by atoms with Crippen LogP contribution in [0.5, 0.6) is 0 Å². The Bertz CT molecular complexity index is 998. The average molecular weight is 400 g/mol. The monoisotopic (exact) mass is 400 g/mol. The molecule has 2 heterocycles. The topological polar surface area (TPSA) is 60.2 Å². The van der Waals surface area contributed by atoms with Crippen LogP contribution in [0, 0.1) is 18.3 Å². The Labute approximate surface area is 166 Å². The number of aryl methyl sites for hydroxylation is 1. The third-order valence-electron chi connectivity index (χ3n) is 5.75. The Morgan fingerprint density at radius 1 is 1.14 bits per heavy atom. The fourth-order valence-corrected chi connectivity index (χ4v) is 4.40. The highest BCUT2D eigenvalue weighted by molar-refractivity contribution is 6.08. The van der Waals surface area contributed by atoms with Gasteiger partial charge in [-0.05, 0) is 49.6 Å². The molecule has 0 spiro atoms. The molecule has 5 nitrogen and oxygen atoms in total. The maximum Gasteiger partial charge on any atom is 0.417 e. The lowest BCUT2D eigenvalue weighted by molar-refractivity contribution is -0.137. The number of nitrogens with zero attached hydrogens (tertiary/aromatic N) is 4. The average Bonchev–Trinajstić information content (AvgIpc) is 2.99. The zero-order valence-electron chi connectivity index (χ0n) is 15.8. The van der Waals surface area contributed by atoms with E-state index in [0.717, 1.165) is 37.0 Å². The van der Waals surface area contributed by atoms with Gasteiger partial charge < -0.3 is 0 Å². The molecule has 1 aliphatic carbocycles. The molecule has 1 saturated carbocycles. The van der Waals surface area contributed by atoms with Gasteiger partial charge >= 0.3 is 12.2 Å². The van der Waals surface area contributed by atoms with Crippen LogP contribution in [0.15, 0.2) is 36.7 Å². The van der Waals surface area contributed by atoms with Crippen molar-refractivity contribution in [1.29, 1.82) is 5.26 Å². The van der Waals surface area contributed by atoms with Crippen molar-refractivity contribution in [2.24, 2.45) is 0 Å². The van der Waals surface area contributed by atoms with Gasteiger partial charge in [-0.2, -0.15) is 18.4 Å². The molecule has 4 rings (SSSR count). The van der Waals surface area contributed by atoms with Gasteiger partial charge in [-0.15, -0.1) is 0 Å². The quantitative estimate of drug-likeness (QED) is 0.710. The number of carbonyl (C=O) groups excluding carboxylic acids is 1. The molecule has 2 aromatic rings. The lowest BCUT2D eigenvalue weighted by Gasteiger charge is -2.32. The van der Waals surface area contributed by atoms with Gasteiger partial charge in [0.15, 0.2) is 0 Å². The number of anilines is 2. The first-order chi connectivity index (χ1) is 13.8. The molecular weight excluding hydrogens is 381 g/mol. The minimum atomic E-state index is -4.67. The van der Waals surface area contributed by atoms with Crippen molar-refractivity contribution in [3.63, 3.8) is 0 Å². The number of carbonyl (C=O) groups is 1. The van der Waals surface area contributed by atoms with Gasteiger partial charge in [-0.3, -0.25) is 14.8 Å². The second kappa shape index (κ2) is 7.07. The second-order valence-corrected chi connectivity index (χ2v) is 7.44. The molecule has 2 aliphatic rings. The van der Waals surface area contributed by atoms with Crippen LogP contribution in [0.25, 0.3) is 0 Å². The van der Waals surface area contributed by atoms with Crippen molar-refractivity contribution in [3.8, 4) is 6.07 Å². The number of urea groups is 1. The second-order valence-electron chi connectivity index (χ2n) is 7.44. The van der Waals surface area contributed by atoms with Crippen molar-refractivity contribution in [1.82, 2.24) is 4.98 Å². The van der Waals surface area contributed by atoms with Gasteiger partial charge in [0.2, 0.25) is 0 Å². The molecule has 150 valence electrons. The van der Waals surface area contributed by atoms with Crippen LogP contribution in [-0.4, -0.2) is 23.1 Å². The fourth-order valence-electron chi connectivity index (χ4n) is 4.40. The minimum absolute atomic E-state index is 0.121. The van der Waals surface area contributed by atoms with Crippen LogP contribution in [-0.2, 0) is 6.18 Å². The van der Waals surface area contributed by atoms with Gasteiger partial charge in [0.1, 0.15) is 0 Å². The summed E-state index contributed by atoms with van der Waals surface area (Å²) in [6, 6.07) is 6.20. The van der Waals surface area contributed by atoms with Crippen LogP contribution in [0.4, 0.5) is 29.3 Å². The number of halogens is 3. The van der Waals surface area contributed by atoms with Gasteiger partial charge in [0, 0.05) is 11.9 Å². The Kier molecular flexibility index (Phi) is 4.69. The molecule has 0 bridgehead atoms. The van der Waals surface area contributed by atoms with E-state index >= 15 is 0 Å². The van der Waals surface area contributed by atoms with Crippen molar-refractivity contribution in [2.45, 2.75) is 50.9 Å². The Balaban J connectivity index is 1.81. The van der Waals surface area contributed by atoms with Crippen molar-refractivity contribution >= 4 is 17.4 Å². The van der Waals surface area contributed by atoms with Gasteiger partial charge in [0.05, 0.1) is 41.2 Å². The van der Waals surface area contributed by atoms with E-state index in [-0.39, 0.29) is 23.8 Å². The van der Waals surface area contributed by atoms with E-state index in [0.29, 0.717) is 12.1 Å². The van der Waals surface area contributed by atoms with Crippen molar-refractivity contribution < 1.29 is 18.0 Å². The Morgan fingerprint density at radius 3 is 2.45 bits per heavy atom. The van der Waals surface area contributed by atoms with E-state index in [1.807, 2.05) is 13.0 Å². The van der Waals surface area contributed by atoms with Gasteiger partial charge in [0.25, 0.3) is 0 Å². The maximum atomic E-state index is 13.5. The highest BCUT2D eigenvalue weighted by Gasteiger charge is 2.48. The SMILES string of the molecule is Cc1ccncc1N1C(=O)N(c2ccc(C#N)c(C(F)(F)F)c2)C2CCCCC21. The Morgan fingerprint density at radius 2 is 1.83 bits per heavy atom. The van der Waals surface area contributed by atoms with Gasteiger partial charge in [-0.1, -0.05) is 12.8 Å². The minimum Gasteiger partial charge on any atom is -0.289 e. The van der Waals surface area contributed by atoms with Crippen LogP contribution < -0.4 is 9.80 Å². The number of pyridine rings is 1. The molecule has 2 fully saturated rings. The third kappa shape index (κ3) is 3.20. The number of hydrogen-bond donors (Lipinski definition) is 0. The molecule has 1 aromatic heterocycles. The van der Waals surface area contributed by atoms with Gasteiger partial charge in [-0.25, -0.2) is 4.79 Å². The van der Waals surface area contributed by atoms with Crippen molar-refractivity contribution in [3.05, 3.63) is 53.3 Å². The molecule has 0 N–H and O–H groups in total. The summed E-state index contributed by atoms with van der Waals surface area (Å²) < 4.78 is 40.4. The molecule has 8 heteroatoms. The van der Waals surface area contributed by atoms with E-state index in [4.69, 9.17) is 5.26 Å². The standard InChI is InChI=1S/C21H19F3N4O/c1-13-8-9-26-12-19(13)28-18-5-3-2-4-17(18)27(20(28)29)15-7-6-14(11-25)16(10-15)21(22,23)24/h6-10,12,17-18H,2-5H2,1H3. The molecule has 2 amide bonds. The number of fused-ring (bicyclic) bond motifs is 1. The van der Waals surface area contributed by atoms with Crippen LogP contribution in [0.3, 0.4) is 0 Å². The lowest BCUT2D eigenvalue weighted by Crippen LogP contribution is -2.40. The number of nitriles is 1. The first kappa shape index (κ1) is 19.2. The number of alkyl halides is 3. The summed E-state index contributed by atoms with van der Waals surface area (Å²) in [5.41, 5.74) is 0.265. The predicted octanol–water partition coefficient (Wildman–Crippen LogP) is 5.04. The van der Waals surface area contributed by atoms with E-state index in [1.54, 1.807) is 23.4 Å². The molecule has 1 saturated heterocycles. The summed E-state index contributed by atoms with van der Waals surface area (Å²) in [4.78, 5) is 20.7. The van der Waals surface area contributed by atoms with E-state index in [9.17, 15) is 18.0 Å². The largest absolute Gasteiger partial charge is 0.417 e. The summed E-state index contributed by atoms with van der Waals surface area (Å²) in [7, 11) is 0. The Hall–Kier alpha value is -3.08. The van der Waals surface area contributed by atoms with E-state index in [2.05, 4.69) is 4.98 Å². The summed E-state index contributed by atoms with van der Waals surface area (Å²) in [5.74, 6) is 0. The van der Waals surface area contributed by atoms with E-state index < -0.39 is 17.3 Å². The summed E-state index contributed by atoms with van der Waals surface area (Å²) in [6.07, 6.45) is 1.97. The zero-order chi connectivity index (χ0) is 20.8. The first-order valence-corrected chi connectivity index (χ1v) is 9.47. The van der Waals surface area contributed by atoms with Crippen LogP contribution >= 0.6 is 0 Å². The third-order valence-corrected chi connectivity index (χ3v) is 5.75. The molecular formula is C21H19F3N4O. The highest BCUT2D eigenvalue weighted by Crippen LogP contribution is 2.42. The molecule has 1 aromatic carbocycles. The zero-order valence-corrected chi connectivity index (χ0v) is 15.8. The fraction of sp³-hybridized carbons (Fsp3) is 0.381. The number of amides is 2. The number of benzene rings is 1. The summed E-state index contributed by atoms with van der Waals surface area (Å²) >= 11 is 0. The molecule has 2 atom stereocenters. The molecule has 2 unspecified atom stereocenters. The molecule has 1 aliphatic heterocycles. The number of hydrogen-bond acceptors (Lipinski definition) is 3.